The SMILES string of the molecule is CC(CCC1CCC2(CCCCC2)O1)CNC1CC1. The van der Waals surface area contributed by atoms with Gasteiger partial charge in [-0.25, -0.2) is 0 Å². The van der Waals surface area contributed by atoms with E-state index in [1.54, 1.807) is 0 Å². The highest BCUT2D eigenvalue weighted by Crippen LogP contribution is 2.43. The monoisotopic (exact) mass is 265 g/mol. The van der Waals surface area contributed by atoms with Crippen molar-refractivity contribution >= 4 is 0 Å². The summed E-state index contributed by atoms with van der Waals surface area (Å²) < 4.78 is 6.46. The minimum absolute atomic E-state index is 0.318. The van der Waals surface area contributed by atoms with Gasteiger partial charge in [0.2, 0.25) is 0 Å². The molecule has 2 atom stereocenters. The van der Waals surface area contributed by atoms with Gasteiger partial charge in [0.25, 0.3) is 0 Å². The van der Waals surface area contributed by atoms with Crippen molar-refractivity contribution in [2.24, 2.45) is 5.92 Å². The normalized spacial score (nSPS) is 31.7. The second-order valence-corrected chi connectivity index (χ2v) is 7.39. The summed E-state index contributed by atoms with van der Waals surface area (Å²) in [6, 6.07) is 0.857. The van der Waals surface area contributed by atoms with Crippen LogP contribution in [0.25, 0.3) is 0 Å². The molecule has 2 unspecified atom stereocenters. The van der Waals surface area contributed by atoms with Crippen LogP contribution in [-0.4, -0.2) is 24.3 Å². The Hall–Kier alpha value is -0.0800. The van der Waals surface area contributed by atoms with Crippen LogP contribution in [0.2, 0.25) is 0 Å². The van der Waals surface area contributed by atoms with E-state index in [0.717, 1.165) is 12.0 Å². The van der Waals surface area contributed by atoms with Gasteiger partial charge in [0.1, 0.15) is 0 Å². The van der Waals surface area contributed by atoms with Crippen LogP contribution >= 0.6 is 0 Å². The summed E-state index contributed by atoms with van der Waals surface area (Å²) in [5.74, 6) is 0.812. The maximum atomic E-state index is 6.46. The Morgan fingerprint density at radius 1 is 1.11 bits per heavy atom. The first kappa shape index (κ1) is 13.9. The number of hydrogen-bond donors (Lipinski definition) is 1. The summed E-state index contributed by atoms with van der Waals surface area (Å²) in [5, 5.41) is 3.65. The highest BCUT2D eigenvalue weighted by Gasteiger charge is 2.40. The largest absolute Gasteiger partial charge is 0.372 e. The zero-order chi connectivity index (χ0) is 13.1. The third-order valence-electron chi connectivity index (χ3n) is 5.42. The Morgan fingerprint density at radius 2 is 1.89 bits per heavy atom. The molecule has 1 saturated heterocycles. The van der Waals surface area contributed by atoms with Crippen molar-refractivity contribution in [3.05, 3.63) is 0 Å². The first-order valence-corrected chi connectivity index (χ1v) is 8.67. The third kappa shape index (κ3) is 3.95. The molecule has 3 aliphatic rings. The van der Waals surface area contributed by atoms with Crippen LogP contribution in [0.4, 0.5) is 0 Å². The van der Waals surface area contributed by atoms with E-state index >= 15 is 0 Å². The molecule has 2 nitrogen and oxygen atoms in total. The Bertz CT molecular complexity index is 281. The lowest BCUT2D eigenvalue weighted by Crippen LogP contribution is -2.31. The van der Waals surface area contributed by atoms with Gasteiger partial charge < -0.3 is 10.1 Å². The second-order valence-electron chi connectivity index (χ2n) is 7.39. The molecule has 0 amide bonds. The van der Waals surface area contributed by atoms with Crippen molar-refractivity contribution in [1.82, 2.24) is 5.32 Å². The molecule has 2 aliphatic carbocycles. The Morgan fingerprint density at radius 3 is 2.63 bits per heavy atom. The fourth-order valence-corrected chi connectivity index (χ4v) is 3.89. The Balaban J connectivity index is 1.34. The van der Waals surface area contributed by atoms with Gasteiger partial charge in [0.05, 0.1) is 11.7 Å². The highest BCUT2D eigenvalue weighted by atomic mass is 16.5. The fraction of sp³-hybridized carbons (Fsp3) is 1.00. The first-order valence-electron chi connectivity index (χ1n) is 8.67. The highest BCUT2D eigenvalue weighted by molar-refractivity contribution is 4.91. The summed E-state index contributed by atoms with van der Waals surface area (Å²) in [4.78, 5) is 0. The second kappa shape index (κ2) is 6.13. The molecule has 19 heavy (non-hydrogen) atoms. The van der Waals surface area contributed by atoms with E-state index < -0.39 is 0 Å². The number of rotatable bonds is 6. The van der Waals surface area contributed by atoms with E-state index in [0.29, 0.717) is 11.7 Å². The summed E-state index contributed by atoms with van der Waals surface area (Å²) in [5.41, 5.74) is 0.318. The molecular weight excluding hydrogens is 234 g/mol. The van der Waals surface area contributed by atoms with Crippen LogP contribution < -0.4 is 5.32 Å². The number of hydrogen-bond acceptors (Lipinski definition) is 2. The van der Waals surface area contributed by atoms with Crippen molar-refractivity contribution in [3.8, 4) is 0 Å². The Kier molecular flexibility index (Phi) is 4.48. The van der Waals surface area contributed by atoms with Crippen molar-refractivity contribution in [1.29, 1.82) is 0 Å². The van der Waals surface area contributed by atoms with Crippen LogP contribution in [-0.2, 0) is 4.74 Å². The molecule has 1 N–H and O–H groups in total. The van der Waals surface area contributed by atoms with Crippen LogP contribution in [0.5, 0.6) is 0 Å². The smallest absolute Gasteiger partial charge is 0.0687 e. The molecule has 1 spiro atoms. The first-order chi connectivity index (χ1) is 9.26. The fourth-order valence-electron chi connectivity index (χ4n) is 3.89. The van der Waals surface area contributed by atoms with E-state index in [1.165, 1.54) is 77.2 Å². The van der Waals surface area contributed by atoms with E-state index in [-0.39, 0.29) is 0 Å². The molecular formula is C17H31NO. The predicted molar refractivity (Wildman–Crippen MR) is 79.3 cm³/mol. The minimum Gasteiger partial charge on any atom is -0.372 e. The Labute approximate surface area is 118 Å². The van der Waals surface area contributed by atoms with Gasteiger partial charge in [-0.3, -0.25) is 0 Å². The van der Waals surface area contributed by atoms with E-state index in [4.69, 9.17) is 4.74 Å². The van der Waals surface area contributed by atoms with Crippen LogP contribution in [0.15, 0.2) is 0 Å². The van der Waals surface area contributed by atoms with Gasteiger partial charge in [0, 0.05) is 6.04 Å². The molecule has 0 aromatic heterocycles. The van der Waals surface area contributed by atoms with Crippen molar-refractivity contribution in [2.75, 3.05) is 6.54 Å². The molecule has 0 aromatic carbocycles. The molecule has 110 valence electrons. The van der Waals surface area contributed by atoms with Gasteiger partial charge in [-0.1, -0.05) is 26.2 Å². The molecule has 3 rings (SSSR count). The van der Waals surface area contributed by atoms with Crippen molar-refractivity contribution in [2.45, 2.75) is 95.3 Å². The van der Waals surface area contributed by atoms with Crippen LogP contribution in [0.3, 0.4) is 0 Å². The lowest BCUT2D eigenvalue weighted by Gasteiger charge is -2.33. The lowest BCUT2D eigenvalue weighted by atomic mass is 9.83. The summed E-state index contributed by atoms with van der Waals surface area (Å²) in [7, 11) is 0. The van der Waals surface area contributed by atoms with E-state index in [9.17, 15) is 0 Å². The van der Waals surface area contributed by atoms with Crippen molar-refractivity contribution < 1.29 is 4.74 Å². The summed E-state index contributed by atoms with van der Waals surface area (Å²) >= 11 is 0. The number of ether oxygens (including phenoxy) is 1. The quantitative estimate of drug-likeness (QED) is 0.782. The van der Waals surface area contributed by atoms with Crippen molar-refractivity contribution in [3.63, 3.8) is 0 Å². The van der Waals surface area contributed by atoms with Gasteiger partial charge in [-0.15, -0.1) is 0 Å². The summed E-state index contributed by atoms with van der Waals surface area (Å²) in [6.07, 6.45) is 15.6. The van der Waals surface area contributed by atoms with Crippen LogP contribution in [0.1, 0.15) is 77.6 Å². The molecule has 0 bridgehead atoms. The van der Waals surface area contributed by atoms with E-state index in [2.05, 4.69) is 12.2 Å². The molecule has 1 heterocycles. The maximum absolute atomic E-state index is 6.46. The molecule has 2 saturated carbocycles. The van der Waals surface area contributed by atoms with Gasteiger partial charge in [-0.05, 0) is 63.8 Å². The topological polar surface area (TPSA) is 21.3 Å². The van der Waals surface area contributed by atoms with Gasteiger partial charge >= 0.3 is 0 Å². The average Bonchev–Trinajstić information content (AvgIpc) is 3.18. The number of nitrogens with one attached hydrogen (secondary N) is 1. The zero-order valence-electron chi connectivity index (χ0n) is 12.6. The maximum Gasteiger partial charge on any atom is 0.0687 e. The third-order valence-corrected chi connectivity index (χ3v) is 5.42. The zero-order valence-corrected chi connectivity index (χ0v) is 12.6. The minimum atomic E-state index is 0.318. The molecule has 0 radical (unpaired) electrons. The molecule has 2 heteroatoms. The van der Waals surface area contributed by atoms with Gasteiger partial charge in [-0.2, -0.15) is 0 Å². The lowest BCUT2D eigenvalue weighted by molar-refractivity contribution is -0.0668. The molecule has 3 fully saturated rings. The standard InChI is InChI=1S/C17H31NO/c1-14(13-18-15-6-7-15)5-8-16-9-12-17(19-16)10-3-2-4-11-17/h14-16,18H,2-13H2,1H3. The molecule has 1 aliphatic heterocycles. The van der Waals surface area contributed by atoms with E-state index in [1.807, 2.05) is 0 Å². The van der Waals surface area contributed by atoms with Crippen LogP contribution in [0, 0.1) is 5.92 Å². The molecule has 0 aromatic rings. The predicted octanol–water partition coefficient (Wildman–Crippen LogP) is 4.04. The van der Waals surface area contributed by atoms with Gasteiger partial charge in [0.15, 0.2) is 0 Å². The average molecular weight is 265 g/mol. The summed E-state index contributed by atoms with van der Waals surface area (Å²) in [6.45, 7) is 3.60.